The first-order valence-corrected chi connectivity index (χ1v) is 7.61. The molecule has 1 saturated heterocycles. The van der Waals surface area contributed by atoms with Gasteiger partial charge in [0.05, 0.1) is 12.5 Å². The van der Waals surface area contributed by atoms with Crippen LogP contribution in [0.1, 0.15) is 31.2 Å². The van der Waals surface area contributed by atoms with E-state index in [2.05, 4.69) is 0 Å². The fourth-order valence-corrected chi connectivity index (χ4v) is 3.27. The molecule has 0 bridgehead atoms. The smallest absolute Gasteiger partial charge is 0.311 e. The fourth-order valence-electron chi connectivity index (χ4n) is 3.27. The summed E-state index contributed by atoms with van der Waals surface area (Å²) < 4.78 is 5.22. The summed E-state index contributed by atoms with van der Waals surface area (Å²) in [5, 5.41) is 9.26. The lowest BCUT2D eigenvalue weighted by Crippen LogP contribution is -2.35. The normalized spacial score (nSPS) is 30.2. The average Bonchev–Trinajstić information content (AvgIpc) is 3.22. The number of carbonyl (C=O) groups is 2. The van der Waals surface area contributed by atoms with Crippen LogP contribution in [-0.4, -0.2) is 42.1 Å². The molecule has 1 amide bonds. The van der Waals surface area contributed by atoms with Crippen LogP contribution in [0.3, 0.4) is 0 Å². The predicted octanol–water partition coefficient (Wildman–Crippen LogP) is 2.12. The van der Waals surface area contributed by atoms with Crippen LogP contribution >= 0.6 is 0 Å². The Hall–Kier alpha value is -2.04. The third-order valence-electron chi connectivity index (χ3n) is 4.93. The monoisotopic (exact) mass is 303 g/mol. The van der Waals surface area contributed by atoms with E-state index < -0.39 is 11.4 Å². The van der Waals surface area contributed by atoms with Gasteiger partial charge < -0.3 is 14.7 Å². The summed E-state index contributed by atoms with van der Waals surface area (Å²) in [5.41, 5.74) is 0.327. The van der Waals surface area contributed by atoms with Crippen molar-refractivity contribution in [3.05, 3.63) is 29.8 Å². The van der Waals surface area contributed by atoms with E-state index in [9.17, 15) is 14.7 Å². The molecular weight excluding hydrogens is 282 g/mol. The highest BCUT2D eigenvalue weighted by molar-refractivity contribution is 5.85. The number of hydrogen-bond acceptors (Lipinski definition) is 3. The van der Waals surface area contributed by atoms with Gasteiger partial charge in [0, 0.05) is 19.0 Å². The average molecular weight is 303 g/mol. The Balaban J connectivity index is 1.65. The van der Waals surface area contributed by atoms with Gasteiger partial charge >= 0.3 is 5.97 Å². The molecule has 2 aliphatic rings. The van der Waals surface area contributed by atoms with Crippen molar-refractivity contribution in [2.45, 2.75) is 25.7 Å². The van der Waals surface area contributed by atoms with Crippen LogP contribution in [0, 0.1) is 11.3 Å². The number of ether oxygens (including phenoxy) is 1. The molecule has 1 heterocycles. The molecule has 0 aromatic heterocycles. The van der Waals surface area contributed by atoms with Crippen LogP contribution in [0.25, 0.3) is 0 Å². The number of carboxylic acid groups (broad SMARTS) is 1. The minimum Gasteiger partial charge on any atom is -0.497 e. The number of carboxylic acids is 1. The highest BCUT2D eigenvalue weighted by Gasteiger charge is 2.49. The molecule has 22 heavy (non-hydrogen) atoms. The molecule has 1 aromatic carbocycles. The minimum atomic E-state index is -0.817. The molecule has 118 valence electrons. The predicted molar refractivity (Wildman–Crippen MR) is 80.8 cm³/mol. The van der Waals surface area contributed by atoms with E-state index in [-0.39, 0.29) is 17.7 Å². The standard InChI is InChI=1S/C17H21NO4/c1-17(16(20)21)6-7-18(10-17)15(19)14-9-13(14)11-4-3-5-12(8-11)22-2/h3-5,8,13-14H,6-7,9-10H2,1-2H3,(H,20,21)/t13-,14+,17-/m0/s1. The molecule has 1 aliphatic carbocycles. The van der Waals surface area contributed by atoms with E-state index in [4.69, 9.17) is 4.74 Å². The number of hydrogen-bond donors (Lipinski definition) is 1. The summed E-state index contributed by atoms with van der Waals surface area (Å²) >= 11 is 0. The van der Waals surface area contributed by atoms with E-state index in [0.717, 1.165) is 17.7 Å². The van der Waals surface area contributed by atoms with Gasteiger partial charge in [-0.2, -0.15) is 0 Å². The molecule has 2 fully saturated rings. The largest absolute Gasteiger partial charge is 0.497 e. The van der Waals surface area contributed by atoms with Gasteiger partial charge in [0.15, 0.2) is 0 Å². The van der Waals surface area contributed by atoms with E-state index in [1.165, 1.54) is 0 Å². The summed E-state index contributed by atoms with van der Waals surface area (Å²) in [6, 6.07) is 7.82. The van der Waals surface area contributed by atoms with Gasteiger partial charge in [0.25, 0.3) is 0 Å². The molecule has 3 rings (SSSR count). The number of rotatable bonds is 4. The van der Waals surface area contributed by atoms with Crippen molar-refractivity contribution >= 4 is 11.9 Å². The summed E-state index contributed by atoms with van der Waals surface area (Å²) in [5.74, 6) is 0.304. The van der Waals surface area contributed by atoms with E-state index in [1.807, 2.05) is 24.3 Å². The lowest BCUT2D eigenvalue weighted by atomic mass is 9.90. The Kier molecular flexibility index (Phi) is 3.59. The number of likely N-dealkylation sites (tertiary alicyclic amines) is 1. The second-order valence-electron chi connectivity index (χ2n) is 6.60. The van der Waals surface area contributed by atoms with Crippen molar-refractivity contribution in [1.82, 2.24) is 4.90 Å². The van der Waals surface area contributed by atoms with Crippen molar-refractivity contribution in [3.63, 3.8) is 0 Å². The maximum Gasteiger partial charge on any atom is 0.311 e. The Morgan fingerprint density at radius 2 is 2.18 bits per heavy atom. The Labute approximate surface area is 129 Å². The number of nitrogens with zero attached hydrogens (tertiary/aromatic N) is 1. The van der Waals surface area contributed by atoms with Gasteiger partial charge in [-0.05, 0) is 43.4 Å². The van der Waals surface area contributed by atoms with Crippen molar-refractivity contribution < 1.29 is 19.4 Å². The topological polar surface area (TPSA) is 66.8 Å². The number of benzene rings is 1. The van der Waals surface area contributed by atoms with Crippen LogP contribution in [0.5, 0.6) is 5.75 Å². The van der Waals surface area contributed by atoms with E-state index >= 15 is 0 Å². The summed E-state index contributed by atoms with van der Waals surface area (Å²) in [6.07, 6.45) is 1.37. The molecule has 1 saturated carbocycles. The van der Waals surface area contributed by atoms with Crippen molar-refractivity contribution in [1.29, 1.82) is 0 Å². The zero-order valence-corrected chi connectivity index (χ0v) is 12.9. The molecule has 1 N–H and O–H groups in total. The van der Waals surface area contributed by atoms with Crippen molar-refractivity contribution in [2.75, 3.05) is 20.2 Å². The highest BCUT2D eigenvalue weighted by Crippen LogP contribution is 2.49. The van der Waals surface area contributed by atoms with E-state index in [1.54, 1.807) is 18.9 Å². The molecule has 5 heteroatoms. The number of aliphatic carboxylic acids is 1. The van der Waals surface area contributed by atoms with Crippen molar-refractivity contribution in [2.24, 2.45) is 11.3 Å². The molecule has 1 aliphatic heterocycles. The van der Waals surface area contributed by atoms with Gasteiger partial charge in [0.2, 0.25) is 5.91 Å². The molecule has 1 aromatic rings. The first-order valence-electron chi connectivity index (χ1n) is 7.61. The number of carbonyl (C=O) groups excluding carboxylic acids is 1. The second-order valence-corrected chi connectivity index (χ2v) is 6.60. The first kappa shape index (κ1) is 14.9. The van der Waals surface area contributed by atoms with Crippen molar-refractivity contribution in [3.8, 4) is 5.75 Å². The molecule has 3 atom stereocenters. The Bertz CT molecular complexity index is 614. The van der Waals surface area contributed by atoms with Crippen LogP contribution in [0.2, 0.25) is 0 Å². The molecular formula is C17H21NO4. The molecule has 0 radical (unpaired) electrons. The van der Waals surface area contributed by atoms with Gasteiger partial charge in [-0.3, -0.25) is 9.59 Å². The van der Waals surface area contributed by atoms with Crippen LogP contribution < -0.4 is 4.74 Å². The summed E-state index contributed by atoms with van der Waals surface area (Å²) in [4.78, 5) is 25.6. The zero-order valence-electron chi connectivity index (χ0n) is 12.9. The quantitative estimate of drug-likeness (QED) is 0.925. The third-order valence-corrected chi connectivity index (χ3v) is 4.93. The Morgan fingerprint density at radius 1 is 1.41 bits per heavy atom. The minimum absolute atomic E-state index is 0.0109. The van der Waals surface area contributed by atoms with Crippen LogP contribution in [0.4, 0.5) is 0 Å². The van der Waals surface area contributed by atoms with Gasteiger partial charge in [-0.15, -0.1) is 0 Å². The SMILES string of the molecule is COc1cccc([C@@H]2C[C@H]2C(=O)N2CC[C@](C)(C(=O)O)C2)c1. The van der Waals surface area contributed by atoms with Gasteiger partial charge in [-0.1, -0.05) is 12.1 Å². The number of methoxy groups -OCH3 is 1. The highest BCUT2D eigenvalue weighted by atomic mass is 16.5. The third kappa shape index (κ3) is 2.56. The summed E-state index contributed by atoms with van der Waals surface area (Å²) in [7, 11) is 1.63. The zero-order chi connectivity index (χ0) is 15.9. The fraction of sp³-hybridized carbons (Fsp3) is 0.529. The maximum atomic E-state index is 12.6. The molecule has 5 nitrogen and oxygen atoms in total. The summed E-state index contributed by atoms with van der Waals surface area (Å²) in [6.45, 7) is 2.58. The lowest BCUT2D eigenvalue weighted by molar-refractivity contribution is -0.147. The van der Waals surface area contributed by atoms with Crippen LogP contribution in [-0.2, 0) is 9.59 Å². The Morgan fingerprint density at radius 3 is 2.82 bits per heavy atom. The second kappa shape index (κ2) is 5.30. The molecule has 0 unspecified atom stereocenters. The number of amides is 1. The lowest BCUT2D eigenvalue weighted by Gasteiger charge is -2.20. The molecule has 0 spiro atoms. The van der Waals surface area contributed by atoms with Gasteiger partial charge in [0.1, 0.15) is 5.75 Å². The van der Waals surface area contributed by atoms with Crippen LogP contribution in [0.15, 0.2) is 24.3 Å². The first-order chi connectivity index (χ1) is 10.4. The van der Waals surface area contributed by atoms with E-state index in [0.29, 0.717) is 19.5 Å². The maximum absolute atomic E-state index is 12.6. The van der Waals surface area contributed by atoms with Gasteiger partial charge in [-0.25, -0.2) is 0 Å².